The Morgan fingerprint density at radius 1 is 1.14 bits per heavy atom. The highest BCUT2D eigenvalue weighted by molar-refractivity contribution is 5.90. The lowest BCUT2D eigenvalue weighted by Gasteiger charge is -2.24. The Balaban J connectivity index is 1.72. The Kier molecular flexibility index (Phi) is 2.83. The summed E-state index contributed by atoms with van der Waals surface area (Å²) in [5.74, 6) is -1.56. The number of amides is 1. The zero-order valence-electron chi connectivity index (χ0n) is 11.7. The fraction of sp³-hybridized carbons (Fsp3) is 0.562. The second kappa shape index (κ2) is 4.50. The van der Waals surface area contributed by atoms with Crippen LogP contribution in [-0.2, 0) is 4.79 Å². The summed E-state index contributed by atoms with van der Waals surface area (Å²) in [6.45, 7) is 0. The van der Waals surface area contributed by atoms with Gasteiger partial charge in [0.25, 0.3) is 0 Å². The van der Waals surface area contributed by atoms with Gasteiger partial charge in [-0.2, -0.15) is 0 Å². The van der Waals surface area contributed by atoms with E-state index < -0.39 is 17.2 Å². The van der Waals surface area contributed by atoms with Gasteiger partial charge in [0.2, 0.25) is 5.91 Å². The number of carbonyl (C=O) groups is 1. The van der Waals surface area contributed by atoms with Crippen molar-refractivity contribution in [2.75, 3.05) is 0 Å². The van der Waals surface area contributed by atoms with Crippen LogP contribution in [-0.4, -0.2) is 22.4 Å². The van der Waals surface area contributed by atoms with Gasteiger partial charge in [-0.15, -0.1) is 0 Å². The molecule has 1 amide bonds. The molecule has 0 radical (unpaired) electrons. The second-order valence-electron chi connectivity index (χ2n) is 6.45. The molecule has 3 fully saturated rings. The zero-order valence-corrected chi connectivity index (χ0v) is 11.7. The normalized spacial score (nSPS) is 27.8. The molecule has 1 aliphatic heterocycles. The second-order valence-corrected chi connectivity index (χ2v) is 6.45. The molecule has 3 aliphatic rings. The van der Waals surface area contributed by atoms with Crippen LogP contribution in [0.15, 0.2) is 18.2 Å². The Bertz CT molecular complexity index is 594. The smallest absolute Gasteiger partial charge is 0.244 e. The first-order chi connectivity index (χ1) is 10.1. The lowest BCUT2D eigenvalue weighted by atomic mass is 9.98. The molecule has 4 rings (SSSR count). The van der Waals surface area contributed by atoms with Crippen molar-refractivity contribution in [2.45, 2.75) is 56.3 Å². The Morgan fingerprint density at radius 2 is 1.86 bits per heavy atom. The van der Waals surface area contributed by atoms with E-state index in [2.05, 4.69) is 5.32 Å². The summed E-state index contributed by atoms with van der Waals surface area (Å²) in [6, 6.07) is 4.18. The molecule has 1 atom stereocenters. The highest BCUT2D eigenvalue weighted by atomic mass is 19.2. The van der Waals surface area contributed by atoms with Gasteiger partial charge in [-0.05, 0) is 43.4 Å². The highest BCUT2D eigenvalue weighted by Crippen LogP contribution is 2.45. The van der Waals surface area contributed by atoms with E-state index in [0.29, 0.717) is 5.56 Å². The number of carbonyl (C=O) groups excluding carboxylic acids is 1. The molecule has 1 saturated heterocycles. The minimum Gasteiger partial charge on any atom is -0.318 e. The van der Waals surface area contributed by atoms with E-state index >= 15 is 0 Å². The molecule has 21 heavy (non-hydrogen) atoms. The maximum Gasteiger partial charge on any atom is 0.244 e. The first-order valence-electron chi connectivity index (χ1n) is 7.66. The Morgan fingerprint density at radius 3 is 2.48 bits per heavy atom. The average molecular weight is 292 g/mol. The van der Waals surface area contributed by atoms with Gasteiger partial charge in [-0.3, -0.25) is 10.1 Å². The fourth-order valence-electron chi connectivity index (χ4n) is 3.75. The third kappa shape index (κ3) is 1.98. The lowest BCUT2D eigenvalue weighted by Crippen LogP contribution is -2.44. The molecule has 1 spiro atoms. The molecule has 1 unspecified atom stereocenters. The van der Waals surface area contributed by atoms with E-state index in [1.165, 1.54) is 6.07 Å². The van der Waals surface area contributed by atoms with Crippen molar-refractivity contribution in [3.63, 3.8) is 0 Å². The molecule has 0 bridgehead atoms. The summed E-state index contributed by atoms with van der Waals surface area (Å²) in [4.78, 5) is 14.7. The van der Waals surface area contributed by atoms with Crippen LogP contribution in [0.5, 0.6) is 0 Å². The largest absolute Gasteiger partial charge is 0.318 e. The van der Waals surface area contributed by atoms with Crippen LogP contribution in [0.4, 0.5) is 8.78 Å². The predicted octanol–water partition coefficient (Wildman–Crippen LogP) is 2.87. The van der Waals surface area contributed by atoms with E-state index in [1.807, 2.05) is 4.90 Å². The molecule has 3 nitrogen and oxygen atoms in total. The van der Waals surface area contributed by atoms with E-state index in [-0.39, 0.29) is 18.1 Å². The fourth-order valence-corrected chi connectivity index (χ4v) is 3.75. The highest BCUT2D eigenvalue weighted by Gasteiger charge is 2.56. The number of nitrogens with one attached hydrogen (secondary N) is 1. The third-order valence-corrected chi connectivity index (χ3v) is 4.99. The van der Waals surface area contributed by atoms with Crippen molar-refractivity contribution in [3.8, 4) is 0 Å². The van der Waals surface area contributed by atoms with Gasteiger partial charge in [0.05, 0.1) is 5.54 Å². The quantitative estimate of drug-likeness (QED) is 0.909. The summed E-state index contributed by atoms with van der Waals surface area (Å²) in [6.07, 6.45) is 5.46. The molecule has 1 aromatic carbocycles. The zero-order chi connectivity index (χ0) is 14.6. The number of nitrogens with zero attached hydrogens (tertiary/aromatic N) is 1. The van der Waals surface area contributed by atoms with Crippen molar-refractivity contribution in [1.29, 1.82) is 0 Å². The summed E-state index contributed by atoms with van der Waals surface area (Å²) in [7, 11) is 0. The molecule has 2 saturated carbocycles. The number of benzene rings is 1. The van der Waals surface area contributed by atoms with Crippen molar-refractivity contribution >= 4 is 5.91 Å². The van der Waals surface area contributed by atoms with Crippen LogP contribution < -0.4 is 5.32 Å². The monoisotopic (exact) mass is 292 g/mol. The maximum absolute atomic E-state index is 13.5. The van der Waals surface area contributed by atoms with Crippen LogP contribution in [0.25, 0.3) is 0 Å². The SMILES string of the molecule is O=C1N(C2CC2)C(c2ccc(F)c(F)c2)NC12CCCC2. The van der Waals surface area contributed by atoms with Crippen molar-refractivity contribution in [3.05, 3.63) is 35.4 Å². The van der Waals surface area contributed by atoms with Crippen molar-refractivity contribution < 1.29 is 13.6 Å². The molecular formula is C16H18F2N2O. The molecule has 112 valence electrons. The first-order valence-corrected chi connectivity index (χ1v) is 7.66. The van der Waals surface area contributed by atoms with Crippen molar-refractivity contribution in [1.82, 2.24) is 10.2 Å². The standard InChI is InChI=1S/C16H18F2N2O/c17-12-6-3-10(9-13(12)18)14-19-16(7-1-2-8-16)15(21)20(14)11-4-5-11/h3,6,9,11,14,19H,1-2,4-5,7-8H2. The number of hydrogen-bond acceptors (Lipinski definition) is 2. The molecule has 5 heteroatoms. The van der Waals surface area contributed by atoms with Gasteiger partial charge >= 0.3 is 0 Å². The van der Waals surface area contributed by atoms with Gasteiger partial charge in [0.1, 0.15) is 6.17 Å². The lowest BCUT2D eigenvalue weighted by molar-refractivity contribution is -0.133. The van der Waals surface area contributed by atoms with Gasteiger partial charge < -0.3 is 4.90 Å². The van der Waals surface area contributed by atoms with Gasteiger partial charge in [-0.25, -0.2) is 8.78 Å². The van der Waals surface area contributed by atoms with Gasteiger partial charge in [0, 0.05) is 6.04 Å². The molecule has 1 heterocycles. The van der Waals surface area contributed by atoms with Crippen LogP contribution in [0, 0.1) is 11.6 Å². The number of hydrogen-bond donors (Lipinski definition) is 1. The van der Waals surface area contributed by atoms with Crippen LogP contribution in [0.3, 0.4) is 0 Å². The van der Waals surface area contributed by atoms with Crippen molar-refractivity contribution in [2.24, 2.45) is 0 Å². The van der Waals surface area contributed by atoms with E-state index in [1.54, 1.807) is 6.07 Å². The molecule has 1 N–H and O–H groups in total. The molecule has 1 aromatic rings. The summed E-state index contributed by atoms with van der Waals surface area (Å²) < 4.78 is 26.7. The first kappa shape index (κ1) is 13.2. The molecular weight excluding hydrogens is 274 g/mol. The van der Waals surface area contributed by atoms with Crippen LogP contribution in [0.2, 0.25) is 0 Å². The minimum atomic E-state index is -0.857. The van der Waals surface area contributed by atoms with E-state index in [0.717, 1.165) is 44.6 Å². The van der Waals surface area contributed by atoms with Crippen LogP contribution >= 0.6 is 0 Å². The average Bonchev–Trinajstić information content (AvgIpc) is 3.12. The summed E-state index contributed by atoms with van der Waals surface area (Å²) >= 11 is 0. The Hall–Kier alpha value is -1.49. The Labute approximate surface area is 122 Å². The number of halogens is 2. The number of rotatable bonds is 2. The predicted molar refractivity (Wildman–Crippen MR) is 73.3 cm³/mol. The van der Waals surface area contributed by atoms with E-state index in [4.69, 9.17) is 0 Å². The minimum absolute atomic E-state index is 0.150. The topological polar surface area (TPSA) is 32.3 Å². The summed E-state index contributed by atoms with van der Waals surface area (Å²) in [5, 5.41) is 3.44. The van der Waals surface area contributed by atoms with Gasteiger partial charge in [0.15, 0.2) is 11.6 Å². The molecule has 2 aliphatic carbocycles. The molecule has 0 aromatic heterocycles. The third-order valence-electron chi connectivity index (χ3n) is 4.99. The summed E-state index contributed by atoms with van der Waals surface area (Å²) in [5.41, 5.74) is 0.163. The van der Waals surface area contributed by atoms with Gasteiger partial charge in [-0.1, -0.05) is 18.9 Å². The maximum atomic E-state index is 13.5. The van der Waals surface area contributed by atoms with Crippen LogP contribution in [0.1, 0.15) is 50.3 Å². The van der Waals surface area contributed by atoms with E-state index in [9.17, 15) is 13.6 Å².